The van der Waals surface area contributed by atoms with Crippen molar-refractivity contribution in [2.45, 2.75) is 18.5 Å². The second kappa shape index (κ2) is 11.7. The van der Waals surface area contributed by atoms with Crippen molar-refractivity contribution in [3.8, 4) is 0 Å². The van der Waals surface area contributed by atoms with Gasteiger partial charge in [-0.1, -0.05) is 60.7 Å². The van der Waals surface area contributed by atoms with Gasteiger partial charge in [-0.3, -0.25) is 0 Å². The third-order valence-electron chi connectivity index (χ3n) is 3.55. The van der Waals surface area contributed by atoms with Gasteiger partial charge in [0.05, 0.1) is 25.4 Å². The minimum absolute atomic E-state index is 0.403. The second-order valence-electron chi connectivity index (χ2n) is 5.73. The zero-order valence-corrected chi connectivity index (χ0v) is 13.9. The molecule has 24 heavy (non-hydrogen) atoms. The molecule has 0 aromatic heterocycles. The van der Waals surface area contributed by atoms with Crippen molar-refractivity contribution in [2.75, 3.05) is 26.4 Å². The number of benzene rings is 2. The van der Waals surface area contributed by atoms with Crippen LogP contribution in [0.5, 0.6) is 0 Å². The van der Waals surface area contributed by atoms with Crippen molar-refractivity contribution < 1.29 is 15.3 Å². The summed E-state index contributed by atoms with van der Waals surface area (Å²) in [5.74, 6) is 0. The molecule has 0 radical (unpaired) electrons. The summed E-state index contributed by atoms with van der Waals surface area (Å²) in [5, 5.41) is 28.5. The topological polar surface area (TPSA) is 98.7 Å². The zero-order chi connectivity index (χ0) is 17.7. The predicted octanol–water partition coefficient (Wildman–Crippen LogP) is 0.680. The van der Waals surface area contributed by atoms with Gasteiger partial charge in [0.15, 0.2) is 0 Å². The fourth-order valence-corrected chi connectivity index (χ4v) is 1.86. The Labute approximate surface area is 143 Å². The Kier molecular flexibility index (Phi) is 9.91. The van der Waals surface area contributed by atoms with Gasteiger partial charge in [-0.25, -0.2) is 0 Å². The van der Waals surface area contributed by atoms with Gasteiger partial charge < -0.3 is 26.4 Å². The van der Waals surface area contributed by atoms with Crippen LogP contribution in [-0.2, 0) is 13.0 Å². The smallest absolute Gasteiger partial charge is 0.0856 e. The highest BCUT2D eigenvalue weighted by molar-refractivity contribution is 5.16. The van der Waals surface area contributed by atoms with E-state index in [1.807, 2.05) is 6.07 Å². The summed E-state index contributed by atoms with van der Waals surface area (Å²) in [6.45, 7) is 0.770. The lowest BCUT2D eigenvalue weighted by Gasteiger charge is -2.20. The molecule has 0 heterocycles. The number of nitrogens with two attached hydrogens (primary N) is 1. The third-order valence-corrected chi connectivity index (χ3v) is 3.55. The number of hydrogen-bond donors (Lipinski definition) is 5. The number of aliphatic hydroxyl groups is 3. The van der Waals surface area contributed by atoms with Crippen LogP contribution in [0.1, 0.15) is 11.1 Å². The van der Waals surface area contributed by atoms with Gasteiger partial charge >= 0.3 is 0 Å². The molecule has 0 aliphatic rings. The molecule has 0 aliphatic heterocycles. The molecule has 5 heteroatoms. The quantitative estimate of drug-likeness (QED) is 0.458. The van der Waals surface area contributed by atoms with Gasteiger partial charge in [-0.05, 0) is 24.1 Å². The van der Waals surface area contributed by atoms with Crippen LogP contribution in [0.3, 0.4) is 0 Å². The molecule has 0 bridgehead atoms. The van der Waals surface area contributed by atoms with Gasteiger partial charge in [0.2, 0.25) is 0 Å². The summed E-state index contributed by atoms with van der Waals surface area (Å²) in [4.78, 5) is 0. The van der Waals surface area contributed by atoms with Crippen LogP contribution in [0.25, 0.3) is 0 Å². The van der Waals surface area contributed by atoms with Gasteiger partial charge in [0.25, 0.3) is 0 Å². The van der Waals surface area contributed by atoms with E-state index in [2.05, 4.69) is 59.9 Å². The molecule has 2 aromatic carbocycles. The Morgan fingerprint density at radius 3 is 1.62 bits per heavy atom. The maximum atomic E-state index is 8.34. The Balaban J connectivity index is 0.000000307. The monoisotopic (exact) mass is 332 g/mol. The highest BCUT2D eigenvalue weighted by atomic mass is 16.3. The van der Waals surface area contributed by atoms with E-state index in [0.717, 1.165) is 19.5 Å². The molecule has 0 saturated heterocycles. The van der Waals surface area contributed by atoms with Crippen LogP contribution in [0.4, 0.5) is 0 Å². The fourth-order valence-electron chi connectivity index (χ4n) is 1.86. The summed E-state index contributed by atoms with van der Waals surface area (Å²) in [6.07, 6.45) is 1.09. The highest BCUT2D eigenvalue weighted by Gasteiger charge is 2.20. The predicted molar refractivity (Wildman–Crippen MR) is 96.5 cm³/mol. The van der Waals surface area contributed by atoms with E-state index in [4.69, 9.17) is 21.1 Å². The largest absolute Gasteiger partial charge is 0.394 e. The van der Waals surface area contributed by atoms with E-state index < -0.39 is 25.4 Å². The van der Waals surface area contributed by atoms with Crippen molar-refractivity contribution in [1.29, 1.82) is 0 Å². The second-order valence-corrected chi connectivity index (χ2v) is 5.73. The molecular weight excluding hydrogens is 304 g/mol. The van der Waals surface area contributed by atoms with Crippen molar-refractivity contribution in [3.05, 3.63) is 71.8 Å². The summed E-state index contributed by atoms with van der Waals surface area (Å²) < 4.78 is 0. The van der Waals surface area contributed by atoms with Crippen LogP contribution in [0.2, 0.25) is 0 Å². The van der Waals surface area contributed by atoms with Crippen molar-refractivity contribution in [3.63, 3.8) is 0 Å². The van der Waals surface area contributed by atoms with E-state index in [0.29, 0.717) is 0 Å². The van der Waals surface area contributed by atoms with E-state index in [-0.39, 0.29) is 0 Å². The van der Waals surface area contributed by atoms with Gasteiger partial charge in [-0.15, -0.1) is 0 Å². The molecule has 5 nitrogen and oxygen atoms in total. The first-order chi connectivity index (χ1) is 11.6. The molecule has 0 spiro atoms. The first-order valence-corrected chi connectivity index (χ1v) is 8.03. The van der Waals surface area contributed by atoms with E-state index in [9.17, 15) is 0 Å². The van der Waals surface area contributed by atoms with E-state index >= 15 is 0 Å². The average molecular weight is 332 g/mol. The molecule has 0 saturated carbocycles. The average Bonchev–Trinajstić information content (AvgIpc) is 2.67. The number of aliphatic hydroxyl groups excluding tert-OH is 3. The number of rotatable bonds is 8. The van der Waals surface area contributed by atoms with Crippen LogP contribution >= 0.6 is 0 Å². The maximum Gasteiger partial charge on any atom is 0.0856 e. The summed E-state index contributed by atoms with van der Waals surface area (Å²) in [7, 11) is 0. The number of nitrogens with one attached hydrogen (secondary N) is 1. The fraction of sp³-hybridized carbons (Fsp3) is 0.368. The van der Waals surface area contributed by atoms with Gasteiger partial charge in [0, 0.05) is 6.54 Å². The summed E-state index contributed by atoms with van der Waals surface area (Å²) >= 11 is 0. The molecule has 0 aliphatic carbocycles. The molecule has 0 unspecified atom stereocenters. The molecule has 132 valence electrons. The minimum Gasteiger partial charge on any atom is -0.394 e. The highest BCUT2D eigenvalue weighted by Crippen LogP contribution is 2.00. The van der Waals surface area contributed by atoms with Crippen LogP contribution in [0.15, 0.2) is 60.7 Å². The molecule has 6 N–H and O–H groups in total. The Morgan fingerprint density at radius 1 is 0.750 bits per heavy atom. The maximum absolute atomic E-state index is 8.34. The lowest BCUT2D eigenvalue weighted by Crippen LogP contribution is -2.50. The van der Waals surface area contributed by atoms with Crippen LogP contribution < -0.4 is 11.1 Å². The summed E-state index contributed by atoms with van der Waals surface area (Å²) in [6, 6.07) is 21.1. The lowest BCUT2D eigenvalue weighted by atomic mass is 10.1. The Morgan fingerprint density at radius 2 is 1.21 bits per heavy atom. The van der Waals surface area contributed by atoms with Gasteiger partial charge in [-0.2, -0.15) is 0 Å². The van der Waals surface area contributed by atoms with Crippen molar-refractivity contribution in [2.24, 2.45) is 5.73 Å². The Bertz CT molecular complexity index is 481. The van der Waals surface area contributed by atoms with E-state index in [1.54, 1.807) is 0 Å². The van der Waals surface area contributed by atoms with Crippen molar-refractivity contribution in [1.82, 2.24) is 5.32 Å². The molecule has 0 amide bonds. The molecular formula is C19H28N2O3. The van der Waals surface area contributed by atoms with Crippen LogP contribution in [0, 0.1) is 0 Å². The number of hydrogen-bond acceptors (Lipinski definition) is 5. The minimum atomic E-state index is -1.21. The van der Waals surface area contributed by atoms with Crippen molar-refractivity contribution >= 4 is 0 Å². The zero-order valence-electron chi connectivity index (χ0n) is 13.9. The van der Waals surface area contributed by atoms with E-state index in [1.165, 1.54) is 11.1 Å². The Hall–Kier alpha value is -1.76. The molecule has 0 atom stereocenters. The molecule has 2 aromatic rings. The molecule has 0 fully saturated rings. The first kappa shape index (κ1) is 20.3. The third kappa shape index (κ3) is 8.19. The first-order valence-electron chi connectivity index (χ1n) is 8.03. The SMILES string of the molecule is NC(CO)(CO)CO.c1ccc(CCNCc2ccccc2)cc1. The van der Waals surface area contributed by atoms with Gasteiger partial charge in [0.1, 0.15) is 0 Å². The lowest BCUT2D eigenvalue weighted by molar-refractivity contribution is 0.0698. The molecule has 2 rings (SSSR count). The standard InChI is InChI=1S/C15H17N.C4H11NO3/c1-3-7-14(8-4-1)11-12-16-13-15-9-5-2-6-10-15;5-4(1-6,2-7)3-8/h1-10,16H,11-13H2;6-8H,1-3,5H2. The van der Waals surface area contributed by atoms with Crippen LogP contribution in [-0.4, -0.2) is 47.2 Å². The summed E-state index contributed by atoms with van der Waals surface area (Å²) in [5.41, 5.74) is 6.67. The normalized spacial score (nSPS) is 10.8.